The molecular weight excluding hydrogens is 359 g/mol. The number of amides is 1. The standard InChI is InChI=1S/C21H25FN4O2/c1-15(27)25-11-8-17(9-12-25)26-10-2-3-20(26)19-13-23-14-21(24-19)28-18-6-4-16(22)5-7-18/h4-7,13-14,17,20H,2-3,8-12H2,1H3. The molecule has 3 heterocycles. The SMILES string of the molecule is CC(=O)N1CCC(N2CCCC2c2cncc(Oc3ccc(F)cc3)n2)CC1. The Hall–Kier alpha value is -2.54. The van der Waals surface area contributed by atoms with E-state index in [1.165, 1.54) is 12.1 Å². The van der Waals surface area contributed by atoms with Crippen LogP contribution in [0.4, 0.5) is 4.39 Å². The van der Waals surface area contributed by atoms with Gasteiger partial charge in [0.2, 0.25) is 11.8 Å². The van der Waals surface area contributed by atoms with E-state index in [0.29, 0.717) is 17.7 Å². The van der Waals surface area contributed by atoms with Crippen molar-refractivity contribution < 1.29 is 13.9 Å². The summed E-state index contributed by atoms with van der Waals surface area (Å²) >= 11 is 0. The molecule has 1 aromatic heterocycles. The van der Waals surface area contributed by atoms with Crippen LogP contribution in [0.1, 0.15) is 44.3 Å². The summed E-state index contributed by atoms with van der Waals surface area (Å²) in [5.74, 6) is 0.813. The van der Waals surface area contributed by atoms with Crippen LogP contribution in [0.3, 0.4) is 0 Å². The molecule has 0 bridgehead atoms. The number of nitrogens with zero attached hydrogens (tertiary/aromatic N) is 4. The van der Waals surface area contributed by atoms with E-state index in [9.17, 15) is 9.18 Å². The zero-order chi connectivity index (χ0) is 19.5. The number of rotatable bonds is 4. The molecule has 1 unspecified atom stereocenters. The van der Waals surface area contributed by atoms with Crippen molar-refractivity contribution in [1.82, 2.24) is 19.8 Å². The number of hydrogen-bond acceptors (Lipinski definition) is 5. The third-order valence-corrected chi connectivity index (χ3v) is 5.68. The van der Waals surface area contributed by atoms with Crippen LogP contribution in [0.25, 0.3) is 0 Å². The average Bonchev–Trinajstić information content (AvgIpc) is 3.20. The number of hydrogen-bond donors (Lipinski definition) is 0. The Morgan fingerprint density at radius 1 is 1.11 bits per heavy atom. The van der Waals surface area contributed by atoms with Crippen molar-refractivity contribution >= 4 is 5.91 Å². The van der Waals surface area contributed by atoms with Crippen molar-refractivity contribution in [3.63, 3.8) is 0 Å². The quantitative estimate of drug-likeness (QED) is 0.807. The first-order valence-electron chi connectivity index (χ1n) is 9.87. The van der Waals surface area contributed by atoms with Crippen LogP contribution < -0.4 is 4.74 Å². The molecule has 2 aliphatic heterocycles. The highest BCUT2D eigenvalue weighted by molar-refractivity contribution is 5.73. The first-order valence-corrected chi connectivity index (χ1v) is 9.87. The highest BCUT2D eigenvalue weighted by Gasteiger charge is 2.35. The van der Waals surface area contributed by atoms with Gasteiger partial charge in [0.25, 0.3) is 0 Å². The predicted octanol–water partition coefficient (Wildman–Crippen LogP) is 3.56. The molecule has 7 heteroatoms. The number of aromatic nitrogens is 2. The largest absolute Gasteiger partial charge is 0.437 e. The maximum absolute atomic E-state index is 13.1. The second-order valence-electron chi connectivity index (χ2n) is 7.47. The van der Waals surface area contributed by atoms with Crippen LogP contribution in [0.5, 0.6) is 11.6 Å². The Bertz CT molecular complexity index is 821. The molecule has 2 aromatic rings. The molecule has 0 saturated carbocycles. The number of ether oxygens (including phenoxy) is 1. The van der Waals surface area contributed by atoms with Crippen molar-refractivity contribution in [2.45, 2.75) is 44.7 Å². The van der Waals surface area contributed by atoms with Crippen LogP contribution in [-0.4, -0.2) is 51.4 Å². The maximum Gasteiger partial charge on any atom is 0.238 e. The van der Waals surface area contributed by atoms with Gasteiger partial charge in [-0.05, 0) is 56.5 Å². The van der Waals surface area contributed by atoms with Crippen molar-refractivity contribution in [3.05, 3.63) is 48.2 Å². The van der Waals surface area contributed by atoms with Gasteiger partial charge >= 0.3 is 0 Å². The van der Waals surface area contributed by atoms with Crippen LogP contribution in [0, 0.1) is 5.82 Å². The van der Waals surface area contributed by atoms with Crippen molar-refractivity contribution in [3.8, 4) is 11.6 Å². The predicted molar refractivity (Wildman–Crippen MR) is 102 cm³/mol. The fourth-order valence-electron chi connectivity index (χ4n) is 4.25. The molecule has 0 radical (unpaired) electrons. The van der Waals surface area contributed by atoms with E-state index in [-0.39, 0.29) is 17.8 Å². The monoisotopic (exact) mass is 384 g/mol. The van der Waals surface area contributed by atoms with Gasteiger partial charge in [0.15, 0.2) is 0 Å². The topological polar surface area (TPSA) is 58.6 Å². The minimum atomic E-state index is -0.301. The molecule has 1 aromatic carbocycles. The van der Waals surface area contributed by atoms with E-state index in [0.717, 1.165) is 51.0 Å². The fourth-order valence-corrected chi connectivity index (χ4v) is 4.25. The van der Waals surface area contributed by atoms with Crippen molar-refractivity contribution in [1.29, 1.82) is 0 Å². The van der Waals surface area contributed by atoms with Gasteiger partial charge in [-0.1, -0.05) is 0 Å². The fraction of sp³-hybridized carbons (Fsp3) is 0.476. The first kappa shape index (κ1) is 18.8. The Morgan fingerprint density at radius 3 is 2.57 bits per heavy atom. The van der Waals surface area contributed by atoms with Gasteiger partial charge in [0, 0.05) is 26.1 Å². The highest BCUT2D eigenvalue weighted by Crippen LogP contribution is 2.36. The van der Waals surface area contributed by atoms with Gasteiger partial charge in [-0.15, -0.1) is 0 Å². The van der Waals surface area contributed by atoms with Gasteiger partial charge in [0.1, 0.15) is 11.6 Å². The zero-order valence-corrected chi connectivity index (χ0v) is 16.1. The Labute approximate surface area is 164 Å². The number of carbonyl (C=O) groups is 1. The summed E-state index contributed by atoms with van der Waals surface area (Å²) in [7, 11) is 0. The maximum atomic E-state index is 13.1. The number of likely N-dealkylation sites (tertiary alicyclic amines) is 2. The Morgan fingerprint density at radius 2 is 1.86 bits per heavy atom. The minimum absolute atomic E-state index is 0.160. The molecule has 2 fully saturated rings. The molecule has 4 rings (SSSR count). The molecule has 1 amide bonds. The van der Waals surface area contributed by atoms with Crippen LogP contribution in [0.15, 0.2) is 36.7 Å². The molecule has 6 nitrogen and oxygen atoms in total. The molecule has 2 saturated heterocycles. The molecule has 148 valence electrons. The summed E-state index contributed by atoms with van der Waals surface area (Å²) in [6, 6.07) is 6.56. The molecule has 0 aliphatic carbocycles. The summed E-state index contributed by atoms with van der Waals surface area (Å²) in [5.41, 5.74) is 0.908. The van der Waals surface area contributed by atoms with E-state index >= 15 is 0 Å². The van der Waals surface area contributed by atoms with E-state index in [2.05, 4.69) is 14.9 Å². The second kappa shape index (κ2) is 8.22. The van der Waals surface area contributed by atoms with E-state index in [4.69, 9.17) is 4.74 Å². The normalized spacial score (nSPS) is 21.1. The van der Waals surface area contributed by atoms with Crippen LogP contribution in [-0.2, 0) is 4.79 Å². The number of piperidine rings is 1. The molecule has 2 aliphatic rings. The summed E-state index contributed by atoms with van der Waals surface area (Å²) < 4.78 is 18.8. The lowest BCUT2D eigenvalue weighted by Gasteiger charge is -2.39. The van der Waals surface area contributed by atoms with Crippen molar-refractivity contribution in [2.75, 3.05) is 19.6 Å². The summed E-state index contributed by atoms with van der Waals surface area (Å²) in [6.07, 6.45) is 7.55. The number of carbonyl (C=O) groups excluding carboxylic acids is 1. The molecule has 28 heavy (non-hydrogen) atoms. The Kier molecular flexibility index (Phi) is 5.52. The molecule has 1 atom stereocenters. The number of benzene rings is 1. The average molecular weight is 384 g/mol. The first-order chi connectivity index (χ1) is 13.6. The van der Waals surface area contributed by atoms with Gasteiger partial charge in [0.05, 0.1) is 24.1 Å². The third kappa shape index (κ3) is 4.14. The highest BCUT2D eigenvalue weighted by atomic mass is 19.1. The molecule has 0 N–H and O–H groups in total. The van der Waals surface area contributed by atoms with Gasteiger partial charge < -0.3 is 9.64 Å². The Balaban J connectivity index is 1.45. The zero-order valence-electron chi connectivity index (χ0n) is 16.1. The lowest BCUT2D eigenvalue weighted by atomic mass is 10.0. The van der Waals surface area contributed by atoms with Crippen LogP contribution >= 0.6 is 0 Å². The molecule has 0 spiro atoms. The summed E-state index contributed by atoms with van der Waals surface area (Å²) in [5, 5.41) is 0. The second-order valence-corrected chi connectivity index (χ2v) is 7.47. The number of halogens is 1. The van der Waals surface area contributed by atoms with E-state index < -0.39 is 0 Å². The smallest absolute Gasteiger partial charge is 0.238 e. The van der Waals surface area contributed by atoms with E-state index in [1.807, 2.05) is 11.1 Å². The lowest BCUT2D eigenvalue weighted by Crippen LogP contribution is -2.46. The third-order valence-electron chi connectivity index (χ3n) is 5.68. The van der Waals surface area contributed by atoms with Gasteiger partial charge in [-0.2, -0.15) is 0 Å². The lowest BCUT2D eigenvalue weighted by molar-refractivity contribution is -0.130. The van der Waals surface area contributed by atoms with Crippen LogP contribution in [0.2, 0.25) is 0 Å². The van der Waals surface area contributed by atoms with Gasteiger partial charge in [-0.25, -0.2) is 9.37 Å². The minimum Gasteiger partial charge on any atom is -0.437 e. The van der Waals surface area contributed by atoms with Gasteiger partial charge in [-0.3, -0.25) is 14.7 Å². The summed E-state index contributed by atoms with van der Waals surface area (Å²) in [4.78, 5) is 25.0. The summed E-state index contributed by atoms with van der Waals surface area (Å²) in [6.45, 7) is 4.33. The van der Waals surface area contributed by atoms with Crippen molar-refractivity contribution in [2.24, 2.45) is 0 Å². The van der Waals surface area contributed by atoms with E-state index in [1.54, 1.807) is 25.3 Å². The molecular formula is C21H25FN4O2.